The average Bonchev–Trinajstić information content (AvgIpc) is 2.15. The normalized spacial score (nSPS) is 11.6. The number of aliphatic hydroxyl groups excluding tert-OH is 1. The smallest absolute Gasteiger partial charge is 0.417 e. The SMILES string of the molecule is CC(CN(CCO)C(=O)O)N(C(=O)O)C(=O)O. The molecule has 0 bridgehead atoms. The molecule has 0 aliphatic rings. The molecule has 0 spiro atoms. The van der Waals surface area contributed by atoms with Crippen LogP contribution in [0.1, 0.15) is 6.92 Å². The molecule has 4 N–H and O–H groups in total. The molecule has 0 aromatic rings. The summed E-state index contributed by atoms with van der Waals surface area (Å²) in [5.41, 5.74) is 0. The molecular formula is C8H14N2O7. The standard InChI is InChI=1S/C8H14N2O7/c1-5(10(7(14)15)8(16)17)4-9(2-3-11)6(12)13/h5,11H,2-4H2,1H3,(H,12,13)(H,14,15)(H,16,17). The van der Waals surface area contributed by atoms with Crippen molar-refractivity contribution in [2.45, 2.75) is 13.0 Å². The second kappa shape index (κ2) is 6.53. The molecule has 17 heavy (non-hydrogen) atoms. The van der Waals surface area contributed by atoms with Gasteiger partial charge in [-0.2, -0.15) is 0 Å². The third kappa shape index (κ3) is 4.55. The quantitative estimate of drug-likeness (QED) is 0.538. The van der Waals surface area contributed by atoms with E-state index < -0.39 is 30.9 Å². The van der Waals surface area contributed by atoms with Crippen LogP contribution in [0.15, 0.2) is 0 Å². The van der Waals surface area contributed by atoms with Gasteiger partial charge in [-0.05, 0) is 6.92 Å². The van der Waals surface area contributed by atoms with Gasteiger partial charge in [0.25, 0.3) is 0 Å². The van der Waals surface area contributed by atoms with Crippen LogP contribution in [0, 0.1) is 0 Å². The van der Waals surface area contributed by atoms with E-state index in [1.54, 1.807) is 0 Å². The fraction of sp³-hybridized carbons (Fsp3) is 0.625. The van der Waals surface area contributed by atoms with Crippen molar-refractivity contribution in [2.75, 3.05) is 19.7 Å². The summed E-state index contributed by atoms with van der Waals surface area (Å²) < 4.78 is 0. The van der Waals surface area contributed by atoms with Crippen LogP contribution >= 0.6 is 0 Å². The number of imide groups is 1. The van der Waals surface area contributed by atoms with Gasteiger partial charge in [0, 0.05) is 13.1 Å². The Morgan fingerprint density at radius 2 is 1.53 bits per heavy atom. The largest absolute Gasteiger partial charge is 0.465 e. The van der Waals surface area contributed by atoms with Crippen LogP contribution in [0.25, 0.3) is 0 Å². The van der Waals surface area contributed by atoms with Gasteiger partial charge >= 0.3 is 18.3 Å². The highest BCUT2D eigenvalue weighted by Gasteiger charge is 2.28. The van der Waals surface area contributed by atoms with E-state index in [-0.39, 0.29) is 18.0 Å². The Hall–Kier alpha value is -2.03. The monoisotopic (exact) mass is 250 g/mol. The van der Waals surface area contributed by atoms with Crippen molar-refractivity contribution in [3.05, 3.63) is 0 Å². The average molecular weight is 250 g/mol. The minimum absolute atomic E-state index is 0.104. The molecule has 0 aliphatic heterocycles. The maximum Gasteiger partial charge on any atom is 0.417 e. The van der Waals surface area contributed by atoms with Crippen LogP contribution in [0.2, 0.25) is 0 Å². The summed E-state index contributed by atoms with van der Waals surface area (Å²) in [6, 6.07) is -1.06. The summed E-state index contributed by atoms with van der Waals surface area (Å²) in [5, 5.41) is 34.6. The number of carboxylic acid groups (broad SMARTS) is 3. The first-order valence-corrected chi connectivity index (χ1v) is 4.65. The summed E-state index contributed by atoms with van der Waals surface area (Å²) in [5.74, 6) is 0. The van der Waals surface area contributed by atoms with Gasteiger partial charge < -0.3 is 25.3 Å². The summed E-state index contributed by atoms with van der Waals surface area (Å²) in [7, 11) is 0. The molecule has 9 nitrogen and oxygen atoms in total. The first kappa shape index (κ1) is 15.0. The van der Waals surface area contributed by atoms with E-state index in [0.717, 1.165) is 4.90 Å². The predicted molar refractivity (Wildman–Crippen MR) is 54.0 cm³/mol. The van der Waals surface area contributed by atoms with Crippen LogP contribution in [0.4, 0.5) is 14.4 Å². The van der Waals surface area contributed by atoms with Gasteiger partial charge in [0.1, 0.15) is 0 Å². The van der Waals surface area contributed by atoms with Crippen LogP contribution in [-0.4, -0.2) is 74.2 Å². The zero-order valence-electron chi connectivity index (χ0n) is 9.11. The maximum absolute atomic E-state index is 10.7. The third-order valence-electron chi connectivity index (χ3n) is 1.98. The van der Waals surface area contributed by atoms with Crippen LogP contribution in [-0.2, 0) is 0 Å². The van der Waals surface area contributed by atoms with Crippen molar-refractivity contribution < 1.29 is 34.8 Å². The molecule has 9 heteroatoms. The minimum atomic E-state index is -1.68. The van der Waals surface area contributed by atoms with Gasteiger partial charge in [-0.25, -0.2) is 19.3 Å². The molecule has 0 saturated heterocycles. The van der Waals surface area contributed by atoms with Crippen molar-refractivity contribution in [3.8, 4) is 0 Å². The molecule has 3 amide bonds. The first-order valence-electron chi connectivity index (χ1n) is 4.65. The van der Waals surface area contributed by atoms with Crippen molar-refractivity contribution in [1.82, 2.24) is 9.80 Å². The Labute approximate surface area is 96.5 Å². The van der Waals surface area contributed by atoms with Gasteiger partial charge in [0.2, 0.25) is 0 Å². The molecule has 0 aromatic carbocycles. The van der Waals surface area contributed by atoms with Gasteiger partial charge in [-0.15, -0.1) is 0 Å². The van der Waals surface area contributed by atoms with E-state index in [1.165, 1.54) is 6.92 Å². The van der Waals surface area contributed by atoms with E-state index in [1.807, 2.05) is 0 Å². The molecule has 98 valence electrons. The first-order chi connectivity index (χ1) is 7.81. The number of carbonyl (C=O) groups is 3. The molecule has 0 fully saturated rings. The highest BCUT2D eigenvalue weighted by atomic mass is 16.4. The fourth-order valence-corrected chi connectivity index (χ4v) is 1.25. The Bertz CT molecular complexity index is 292. The molecule has 0 radical (unpaired) electrons. The molecule has 0 aliphatic carbocycles. The number of hydrogen-bond acceptors (Lipinski definition) is 4. The van der Waals surface area contributed by atoms with Gasteiger partial charge in [-0.1, -0.05) is 0 Å². The Balaban J connectivity index is 4.67. The van der Waals surface area contributed by atoms with Crippen LogP contribution in [0.5, 0.6) is 0 Å². The van der Waals surface area contributed by atoms with Crippen LogP contribution in [0.3, 0.4) is 0 Å². The summed E-state index contributed by atoms with van der Waals surface area (Å²) in [4.78, 5) is 32.8. The minimum Gasteiger partial charge on any atom is -0.465 e. The number of aliphatic hydroxyl groups is 1. The van der Waals surface area contributed by atoms with E-state index in [0.29, 0.717) is 0 Å². The molecule has 0 saturated carbocycles. The predicted octanol–water partition coefficient (Wildman–Crippen LogP) is 0.00520. The van der Waals surface area contributed by atoms with Crippen molar-refractivity contribution >= 4 is 18.3 Å². The third-order valence-corrected chi connectivity index (χ3v) is 1.98. The van der Waals surface area contributed by atoms with E-state index in [9.17, 15) is 14.4 Å². The van der Waals surface area contributed by atoms with Gasteiger partial charge in [0.05, 0.1) is 12.6 Å². The zero-order valence-corrected chi connectivity index (χ0v) is 9.11. The topological polar surface area (TPSA) is 139 Å². The summed E-state index contributed by atoms with van der Waals surface area (Å²) in [6.07, 6.45) is -4.72. The van der Waals surface area contributed by atoms with Crippen LogP contribution < -0.4 is 0 Å². The van der Waals surface area contributed by atoms with E-state index in [4.69, 9.17) is 20.4 Å². The van der Waals surface area contributed by atoms with E-state index in [2.05, 4.69) is 0 Å². The Morgan fingerprint density at radius 3 is 1.82 bits per heavy atom. The zero-order chi connectivity index (χ0) is 13.6. The maximum atomic E-state index is 10.7. The number of hydrogen-bond donors (Lipinski definition) is 4. The van der Waals surface area contributed by atoms with Gasteiger partial charge in [-0.3, -0.25) is 0 Å². The lowest BCUT2D eigenvalue weighted by atomic mass is 10.3. The molecule has 0 rings (SSSR count). The lowest BCUT2D eigenvalue weighted by molar-refractivity contribution is 0.0883. The number of rotatable bonds is 5. The van der Waals surface area contributed by atoms with Crippen molar-refractivity contribution in [3.63, 3.8) is 0 Å². The lowest BCUT2D eigenvalue weighted by Gasteiger charge is -2.26. The molecule has 0 aromatic heterocycles. The fourth-order valence-electron chi connectivity index (χ4n) is 1.25. The van der Waals surface area contributed by atoms with E-state index >= 15 is 0 Å². The number of nitrogens with zero attached hydrogens (tertiary/aromatic N) is 2. The molecule has 1 atom stereocenters. The summed E-state index contributed by atoms with van der Waals surface area (Å²) >= 11 is 0. The summed E-state index contributed by atoms with van der Waals surface area (Å²) in [6.45, 7) is 0.274. The highest BCUT2D eigenvalue weighted by Crippen LogP contribution is 2.04. The molecule has 0 heterocycles. The highest BCUT2D eigenvalue weighted by molar-refractivity contribution is 5.86. The molecule has 1 unspecified atom stereocenters. The Morgan fingerprint density at radius 1 is 1.06 bits per heavy atom. The number of amides is 3. The second-order valence-electron chi connectivity index (χ2n) is 3.24. The molecular weight excluding hydrogens is 236 g/mol. The Kier molecular flexibility index (Phi) is 5.75. The lowest BCUT2D eigenvalue weighted by Crippen LogP contribution is -2.49. The van der Waals surface area contributed by atoms with Gasteiger partial charge in [0.15, 0.2) is 0 Å². The van der Waals surface area contributed by atoms with Crippen molar-refractivity contribution in [1.29, 1.82) is 0 Å². The second-order valence-corrected chi connectivity index (χ2v) is 3.24. The van der Waals surface area contributed by atoms with Crippen molar-refractivity contribution in [2.24, 2.45) is 0 Å².